The van der Waals surface area contributed by atoms with E-state index in [1.807, 2.05) is 34.6 Å². The van der Waals surface area contributed by atoms with Crippen molar-refractivity contribution in [2.75, 3.05) is 13.2 Å². The summed E-state index contributed by atoms with van der Waals surface area (Å²) in [6.45, 7) is 16.6. The molecule has 47 heavy (non-hydrogen) atoms. The number of nitrogens with one attached hydrogen (secondary N) is 1. The fraction of sp³-hybridized carbons (Fsp3) is 0.861. The van der Waals surface area contributed by atoms with Crippen molar-refractivity contribution in [1.29, 1.82) is 0 Å². The number of carbonyl (C=O) groups excluding carboxylic acids is 4. The largest absolute Gasteiger partial charge is 2.00 e. The van der Waals surface area contributed by atoms with Gasteiger partial charge in [-0.05, 0) is 93.9 Å². The van der Waals surface area contributed by atoms with Gasteiger partial charge in [0.25, 0.3) is 0 Å². The van der Waals surface area contributed by atoms with Crippen LogP contribution in [0.25, 0.3) is 0 Å². The zero-order chi connectivity index (χ0) is 33.9. The Morgan fingerprint density at radius 3 is 1.79 bits per heavy atom. The van der Waals surface area contributed by atoms with E-state index in [2.05, 4.69) is 11.7 Å². The maximum Gasteiger partial charge on any atom is 2.00 e. The number of carbonyl (C=O) groups is 4. The van der Waals surface area contributed by atoms with Crippen LogP contribution >= 0.6 is 0 Å². The molecule has 0 bridgehead atoms. The summed E-state index contributed by atoms with van der Waals surface area (Å²) in [5.41, 5.74) is -1.03. The number of likely N-dealkylation sites (tertiary alicyclic amines) is 1. The second-order valence-electron chi connectivity index (χ2n) is 14.8. The molecule has 11 heteroatoms. The quantitative estimate of drug-likeness (QED) is 0.300. The summed E-state index contributed by atoms with van der Waals surface area (Å²) in [6.07, 6.45) is 19.3. The number of Topliss-reactive ketones (excluding diaryl/α,β-unsaturated/α-hetero) is 1. The Hall–Kier alpha value is -0.914. The number of nitrogens with zero attached hydrogens (tertiary/aromatic N) is 1. The van der Waals surface area contributed by atoms with Crippen molar-refractivity contribution < 1.29 is 50.4 Å². The van der Waals surface area contributed by atoms with Gasteiger partial charge in [-0.15, -0.1) is 0 Å². The van der Waals surface area contributed by atoms with Crippen molar-refractivity contribution in [2.45, 2.75) is 181 Å². The molecule has 1 N–H and O–H groups in total. The zero-order valence-corrected chi connectivity index (χ0v) is 33.9. The zero-order valence-electron chi connectivity index (χ0n) is 30.9. The Balaban J connectivity index is 0. The van der Waals surface area contributed by atoms with Crippen molar-refractivity contribution >= 4 is 46.9 Å². The summed E-state index contributed by atoms with van der Waals surface area (Å²) in [7, 11) is 0. The predicted octanol–water partition coefficient (Wildman–Crippen LogP) is 5.34. The molecule has 9 nitrogen and oxygen atoms in total. The van der Waals surface area contributed by atoms with E-state index in [0.717, 1.165) is 32.5 Å². The van der Waals surface area contributed by atoms with Gasteiger partial charge >= 0.3 is 35.2 Å². The molecule has 0 unspecified atom stereocenters. The third-order valence-corrected chi connectivity index (χ3v) is 7.87. The molecule has 2 aliphatic carbocycles. The minimum atomic E-state index is -0.542. The van der Waals surface area contributed by atoms with Crippen LogP contribution in [0, 0.1) is 12.3 Å². The average molecular weight is 742 g/mol. The molecule has 2 saturated carbocycles. The molecule has 270 valence electrons. The van der Waals surface area contributed by atoms with E-state index in [1.165, 1.54) is 69.1 Å². The number of hydrogen-bond donors (Lipinski definition) is 1. The summed E-state index contributed by atoms with van der Waals surface area (Å²) in [5.74, 6) is 0.492. The standard InChI is InChI=1S/C16H29NO3.C10H17NO3.C6H11.C4H8O.BrH.Mg/c1-12(17-15(19)20-16(2,3)4)10-11-14(18)13-8-6-5-7-9-13;1-7-5-6-8(12)11(7)9(13)14-10(2,3)4;1-2-4-6-5-3-1;1-2-4-5-3-1;;/h12-13H,5-11H2,1-4H3,(H,17,19);7H,5-6H2,1-4H3;1H,2-6H2;1-4H2;1H;/q;;-1;;;+2/p-1/t12-;7-;;;;/m00..../s1. The van der Waals surface area contributed by atoms with E-state index in [0.29, 0.717) is 25.0 Å². The van der Waals surface area contributed by atoms with Gasteiger partial charge in [0.2, 0.25) is 5.91 Å². The fourth-order valence-electron chi connectivity index (χ4n) is 5.40. The maximum absolute atomic E-state index is 12.1. The van der Waals surface area contributed by atoms with Crippen molar-refractivity contribution in [2.24, 2.45) is 5.92 Å². The Labute approximate surface area is 313 Å². The minimum Gasteiger partial charge on any atom is -1.00 e. The third-order valence-electron chi connectivity index (χ3n) is 7.87. The summed E-state index contributed by atoms with van der Waals surface area (Å²) < 4.78 is 15.3. The van der Waals surface area contributed by atoms with Crippen LogP contribution in [-0.2, 0) is 23.8 Å². The van der Waals surface area contributed by atoms with Crippen LogP contribution in [0.1, 0.15) is 158 Å². The van der Waals surface area contributed by atoms with Gasteiger partial charge in [0.05, 0.1) is 0 Å². The predicted molar refractivity (Wildman–Crippen MR) is 185 cm³/mol. The maximum atomic E-state index is 12.1. The molecule has 0 aromatic carbocycles. The number of halogens is 1. The van der Waals surface area contributed by atoms with Gasteiger partial charge in [0.15, 0.2) is 0 Å². The Morgan fingerprint density at radius 2 is 1.40 bits per heavy atom. The van der Waals surface area contributed by atoms with Gasteiger partial charge in [-0.1, -0.05) is 38.5 Å². The van der Waals surface area contributed by atoms with Gasteiger partial charge in [0.1, 0.15) is 17.0 Å². The molecule has 0 aromatic heterocycles. The fourth-order valence-corrected chi connectivity index (χ4v) is 5.40. The van der Waals surface area contributed by atoms with Gasteiger partial charge in [-0.25, -0.2) is 14.5 Å². The smallest absolute Gasteiger partial charge is 1.00 e. The van der Waals surface area contributed by atoms with Crippen molar-refractivity contribution in [3.05, 3.63) is 6.42 Å². The molecule has 3 amide bonds. The molecular formula is C36H65BrMgN2O7. The summed E-state index contributed by atoms with van der Waals surface area (Å²) in [6, 6.07) is -0.0604. The Kier molecular flexibility index (Phi) is 26.6. The monoisotopic (exact) mass is 740 g/mol. The summed E-state index contributed by atoms with van der Waals surface area (Å²) in [5, 5.41) is 2.78. The molecule has 2 aliphatic heterocycles. The molecule has 4 rings (SSSR count). The van der Waals surface area contributed by atoms with Gasteiger partial charge < -0.3 is 42.9 Å². The van der Waals surface area contributed by atoms with E-state index in [-0.39, 0.29) is 63.9 Å². The normalized spacial score (nSPS) is 20.2. The second kappa shape index (κ2) is 26.0. The first-order valence-electron chi connectivity index (χ1n) is 17.6. The second-order valence-corrected chi connectivity index (χ2v) is 14.8. The minimum absolute atomic E-state index is 0. The Bertz CT molecular complexity index is 858. The van der Waals surface area contributed by atoms with E-state index in [1.54, 1.807) is 20.8 Å². The number of rotatable bonds is 5. The number of amides is 3. The van der Waals surface area contributed by atoms with Crippen LogP contribution in [0.5, 0.6) is 0 Å². The van der Waals surface area contributed by atoms with E-state index < -0.39 is 23.4 Å². The Morgan fingerprint density at radius 1 is 0.872 bits per heavy atom. The molecule has 4 aliphatic rings. The molecule has 2 heterocycles. The number of imide groups is 1. The molecule has 2 saturated heterocycles. The number of ketones is 1. The van der Waals surface area contributed by atoms with Crippen LogP contribution in [0.4, 0.5) is 9.59 Å². The molecule has 0 radical (unpaired) electrons. The van der Waals surface area contributed by atoms with Crippen molar-refractivity contribution in [3.8, 4) is 0 Å². The topological polar surface area (TPSA) is 111 Å². The van der Waals surface area contributed by atoms with Crippen molar-refractivity contribution in [1.82, 2.24) is 10.2 Å². The molecule has 2 atom stereocenters. The molecule has 0 aromatic rings. The number of ether oxygens (including phenoxy) is 3. The van der Waals surface area contributed by atoms with Crippen LogP contribution in [0.15, 0.2) is 0 Å². The summed E-state index contributed by atoms with van der Waals surface area (Å²) in [4.78, 5) is 47.8. The van der Waals surface area contributed by atoms with Gasteiger partial charge in [0, 0.05) is 44.1 Å². The first-order chi connectivity index (χ1) is 21.1. The summed E-state index contributed by atoms with van der Waals surface area (Å²) >= 11 is 0. The van der Waals surface area contributed by atoms with Crippen LogP contribution in [0.2, 0.25) is 0 Å². The van der Waals surface area contributed by atoms with Gasteiger partial charge in [-0.2, -0.15) is 12.8 Å². The molecular weight excluding hydrogens is 677 g/mol. The van der Waals surface area contributed by atoms with Crippen molar-refractivity contribution in [3.63, 3.8) is 0 Å². The van der Waals surface area contributed by atoms with Crippen LogP contribution < -0.4 is 22.3 Å². The SMILES string of the molecule is C1CCOC1.C[C@@H](CCC(=O)C1CCCCC1)NC(=O)OC(C)(C)C.C[C@H]1CCC(=O)N1C(=O)OC(C)(C)C.[Br-].[CH-]1CCCCC1.[Mg+2]. The first kappa shape index (κ1) is 48.2. The first-order valence-corrected chi connectivity index (χ1v) is 17.6. The van der Waals surface area contributed by atoms with E-state index in [4.69, 9.17) is 14.2 Å². The van der Waals surface area contributed by atoms with E-state index >= 15 is 0 Å². The van der Waals surface area contributed by atoms with Crippen LogP contribution in [0.3, 0.4) is 0 Å². The average Bonchev–Trinajstić information content (AvgIpc) is 3.65. The number of hydrogen-bond acceptors (Lipinski definition) is 7. The van der Waals surface area contributed by atoms with Gasteiger partial charge in [-0.3, -0.25) is 9.59 Å². The molecule has 4 fully saturated rings. The van der Waals surface area contributed by atoms with E-state index in [9.17, 15) is 19.2 Å². The third kappa shape index (κ3) is 24.8. The molecule has 0 spiro atoms. The number of alkyl carbamates (subject to hydrolysis) is 1. The van der Waals surface area contributed by atoms with Crippen LogP contribution in [-0.4, -0.2) is 88.3 Å².